The lowest BCUT2D eigenvalue weighted by molar-refractivity contribution is 0.112. The Morgan fingerprint density at radius 2 is 1.83 bits per heavy atom. The standard InChI is InChI=1S/C25H34FNO2S/c1-16(2)24-19(15-28)22(17-11-13-18(26)14-12-17)23-20(27-24)9-8-10-21(23)29-30(6,7)25(3,4)5/h11-16,21H,8-10H2,1-7H3. The highest BCUT2D eigenvalue weighted by atomic mass is 32.3. The summed E-state index contributed by atoms with van der Waals surface area (Å²) in [6, 6.07) is 6.43. The van der Waals surface area contributed by atoms with Crippen molar-refractivity contribution in [2.75, 3.05) is 12.5 Å². The minimum absolute atomic E-state index is 0.0272. The van der Waals surface area contributed by atoms with Crippen molar-refractivity contribution >= 4 is 16.6 Å². The van der Waals surface area contributed by atoms with E-state index in [0.29, 0.717) is 5.56 Å². The van der Waals surface area contributed by atoms with Crippen LogP contribution in [0.1, 0.15) is 86.8 Å². The lowest BCUT2D eigenvalue weighted by Gasteiger charge is -2.47. The van der Waals surface area contributed by atoms with Crippen molar-refractivity contribution in [3.63, 3.8) is 0 Å². The van der Waals surface area contributed by atoms with Gasteiger partial charge in [-0.1, -0.05) is 46.8 Å². The molecule has 0 fully saturated rings. The Morgan fingerprint density at radius 1 is 1.20 bits per heavy atom. The van der Waals surface area contributed by atoms with Gasteiger partial charge in [-0.25, -0.2) is 4.39 Å². The van der Waals surface area contributed by atoms with Crippen LogP contribution in [0.4, 0.5) is 4.39 Å². The van der Waals surface area contributed by atoms with Crippen LogP contribution in [0.2, 0.25) is 0 Å². The summed E-state index contributed by atoms with van der Waals surface area (Å²) in [5.41, 5.74) is 5.17. The molecule has 5 heteroatoms. The molecule has 0 amide bonds. The molecule has 1 aromatic heterocycles. The first-order valence-electron chi connectivity index (χ1n) is 10.6. The van der Waals surface area contributed by atoms with Crippen molar-refractivity contribution in [2.24, 2.45) is 0 Å². The molecule has 0 spiro atoms. The molecule has 3 rings (SSSR count). The average Bonchev–Trinajstić information content (AvgIpc) is 2.66. The van der Waals surface area contributed by atoms with E-state index >= 15 is 0 Å². The zero-order valence-corrected chi connectivity index (χ0v) is 20.0. The van der Waals surface area contributed by atoms with E-state index in [9.17, 15) is 9.18 Å². The molecule has 0 saturated heterocycles. The van der Waals surface area contributed by atoms with Gasteiger partial charge in [-0.2, -0.15) is 0 Å². The van der Waals surface area contributed by atoms with Crippen molar-refractivity contribution in [2.45, 2.75) is 70.7 Å². The highest BCUT2D eigenvalue weighted by Crippen LogP contribution is 2.58. The highest BCUT2D eigenvalue weighted by Gasteiger charge is 2.36. The molecule has 1 aromatic carbocycles. The van der Waals surface area contributed by atoms with Gasteiger partial charge in [0.1, 0.15) is 5.82 Å². The van der Waals surface area contributed by atoms with Crippen molar-refractivity contribution in [1.82, 2.24) is 4.98 Å². The maximum absolute atomic E-state index is 13.7. The predicted molar refractivity (Wildman–Crippen MR) is 125 cm³/mol. The Morgan fingerprint density at radius 3 is 2.37 bits per heavy atom. The molecule has 3 nitrogen and oxygen atoms in total. The van der Waals surface area contributed by atoms with Gasteiger partial charge in [0.15, 0.2) is 6.29 Å². The molecule has 0 saturated carbocycles. The Kier molecular flexibility index (Phi) is 6.45. The van der Waals surface area contributed by atoms with Crippen molar-refractivity contribution < 1.29 is 13.4 Å². The van der Waals surface area contributed by atoms with Crippen LogP contribution >= 0.6 is 10.3 Å². The minimum atomic E-state index is -1.37. The number of pyridine rings is 1. The third-order valence-corrected chi connectivity index (χ3v) is 9.87. The molecular formula is C25H34FNO2S. The van der Waals surface area contributed by atoms with Gasteiger partial charge in [-0.05, 0) is 55.4 Å². The number of aryl methyl sites for hydroxylation is 1. The summed E-state index contributed by atoms with van der Waals surface area (Å²) in [7, 11) is -1.37. The quantitative estimate of drug-likeness (QED) is 0.479. The van der Waals surface area contributed by atoms with Gasteiger partial charge in [0.2, 0.25) is 0 Å². The maximum Gasteiger partial charge on any atom is 0.152 e. The molecule has 30 heavy (non-hydrogen) atoms. The normalized spacial score (nSPS) is 17.7. The number of halogens is 1. The Hall–Kier alpha value is -1.72. The van der Waals surface area contributed by atoms with Crippen LogP contribution in [0, 0.1) is 5.82 Å². The molecule has 1 aliphatic rings. The van der Waals surface area contributed by atoms with Crippen LogP contribution in [-0.4, -0.2) is 28.5 Å². The van der Waals surface area contributed by atoms with Crippen LogP contribution in [0.5, 0.6) is 0 Å². The molecule has 0 bridgehead atoms. The van der Waals surface area contributed by atoms with E-state index in [2.05, 4.69) is 47.1 Å². The van der Waals surface area contributed by atoms with E-state index < -0.39 is 10.3 Å². The third-order valence-electron chi connectivity index (χ3n) is 6.21. The molecule has 0 radical (unpaired) electrons. The number of nitrogens with zero attached hydrogens (tertiary/aromatic N) is 1. The largest absolute Gasteiger partial charge is 0.329 e. The number of benzene rings is 1. The summed E-state index contributed by atoms with van der Waals surface area (Å²) in [6.45, 7) is 10.7. The van der Waals surface area contributed by atoms with E-state index in [1.807, 2.05) is 0 Å². The molecule has 1 atom stereocenters. The van der Waals surface area contributed by atoms with E-state index in [0.717, 1.165) is 53.6 Å². The number of hydrogen-bond donors (Lipinski definition) is 0. The molecule has 0 N–H and O–H groups in total. The smallest absolute Gasteiger partial charge is 0.152 e. The van der Waals surface area contributed by atoms with Gasteiger partial charge in [0.25, 0.3) is 0 Å². The fraction of sp³-hybridized carbons (Fsp3) is 0.520. The second kappa shape index (κ2) is 8.43. The van der Waals surface area contributed by atoms with E-state index in [1.54, 1.807) is 12.1 Å². The van der Waals surface area contributed by atoms with Crippen LogP contribution in [0.3, 0.4) is 0 Å². The molecule has 2 aromatic rings. The maximum atomic E-state index is 13.7. The van der Waals surface area contributed by atoms with Crippen LogP contribution in [-0.2, 0) is 10.6 Å². The average molecular weight is 432 g/mol. The Balaban J connectivity index is 2.27. The predicted octanol–water partition coefficient (Wildman–Crippen LogP) is 7.00. The molecular weight excluding hydrogens is 397 g/mol. The molecule has 1 aliphatic carbocycles. The van der Waals surface area contributed by atoms with Gasteiger partial charge < -0.3 is 4.18 Å². The minimum Gasteiger partial charge on any atom is -0.329 e. The van der Waals surface area contributed by atoms with E-state index in [1.165, 1.54) is 12.1 Å². The van der Waals surface area contributed by atoms with Crippen molar-refractivity contribution in [3.05, 3.63) is 52.6 Å². The zero-order chi connectivity index (χ0) is 22.3. The highest BCUT2D eigenvalue weighted by molar-refractivity contribution is 8.29. The Bertz CT molecular complexity index is 930. The number of hydrogen-bond acceptors (Lipinski definition) is 3. The summed E-state index contributed by atoms with van der Waals surface area (Å²) in [6.07, 6.45) is 7.97. The lowest BCUT2D eigenvalue weighted by Crippen LogP contribution is -2.28. The van der Waals surface area contributed by atoms with Gasteiger partial charge in [0, 0.05) is 27.1 Å². The second-order valence-electron chi connectivity index (χ2n) is 9.75. The van der Waals surface area contributed by atoms with Crippen molar-refractivity contribution in [3.8, 4) is 11.1 Å². The first-order chi connectivity index (χ1) is 14.0. The zero-order valence-electron chi connectivity index (χ0n) is 19.2. The first-order valence-corrected chi connectivity index (χ1v) is 13.0. The fourth-order valence-electron chi connectivity index (χ4n) is 3.84. The summed E-state index contributed by atoms with van der Waals surface area (Å²) in [5, 5.41) is 0. The van der Waals surface area contributed by atoms with Gasteiger partial charge in [0.05, 0.1) is 11.8 Å². The summed E-state index contributed by atoms with van der Waals surface area (Å²) in [5.74, 6) is -0.169. The van der Waals surface area contributed by atoms with E-state index in [-0.39, 0.29) is 22.6 Å². The first kappa shape index (κ1) is 23.0. The van der Waals surface area contributed by atoms with Crippen LogP contribution < -0.4 is 0 Å². The SMILES string of the molecule is CC(C)c1nc2c(c(-c3ccc(F)cc3)c1C=O)C(OS(C)(C)C(C)(C)C)CCC2. The molecule has 1 heterocycles. The summed E-state index contributed by atoms with van der Waals surface area (Å²) in [4.78, 5) is 17.2. The number of carbonyl (C=O) groups is 1. The number of carbonyl (C=O) groups excluding carboxylic acids is 1. The van der Waals surface area contributed by atoms with Gasteiger partial charge in [-0.15, -0.1) is 10.3 Å². The van der Waals surface area contributed by atoms with Crippen LogP contribution in [0.15, 0.2) is 24.3 Å². The monoisotopic (exact) mass is 431 g/mol. The number of rotatable bonds is 5. The second-order valence-corrected chi connectivity index (χ2v) is 13.6. The van der Waals surface area contributed by atoms with E-state index in [4.69, 9.17) is 9.17 Å². The molecule has 1 unspecified atom stereocenters. The molecule has 0 aliphatic heterocycles. The van der Waals surface area contributed by atoms with Crippen molar-refractivity contribution in [1.29, 1.82) is 0 Å². The third kappa shape index (κ3) is 4.33. The summed E-state index contributed by atoms with van der Waals surface area (Å²) >= 11 is 0. The van der Waals surface area contributed by atoms with Gasteiger partial charge in [-0.3, -0.25) is 9.78 Å². The number of aromatic nitrogens is 1. The topological polar surface area (TPSA) is 39.2 Å². The fourth-order valence-corrected chi connectivity index (χ4v) is 4.90. The summed E-state index contributed by atoms with van der Waals surface area (Å²) < 4.78 is 20.5. The lowest BCUT2D eigenvalue weighted by atomic mass is 9.83. The van der Waals surface area contributed by atoms with Crippen LogP contribution in [0.25, 0.3) is 11.1 Å². The van der Waals surface area contributed by atoms with Gasteiger partial charge >= 0.3 is 0 Å². The Labute approximate surface area is 182 Å². The molecule has 164 valence electrons. The number of fused-ring (bicyclic) bond motifs is 1. The number of aldehydes is 1.